The lowest BCUT2D eigenvalue weighted by molar-refractivity contribution is 0.0953. The summed E-state index contributed by atoms with van der Waals surface area (Å²) in [5.74, 6) is 0.685. The summed E-state index contributed by atoms with van der Waals surface area (Å²) in [4.78, 5) is 17.0. The molecule has 6 heteroatoms. The first-order valence-corrected chi connectivity index (χ1v) is 10.2. The van der Waals surface area contributed by atoms with Crippen LogP contribution in [-0.4, -0.2) is 27.1 Å². The first-order valence-electron chi connectivity index (χ1n) is 9.83. The van der Waals surface area contributed by atoms with Gasteiger partial charge in [0.1, 0.15) is 5.82 Å². The van der Waals surface area contributed by atoms with Gasteiger partial charge in [-0.3, -0.25) is 4.79 Å². The molecule has 1 unspecified atom stereocenters. The number of nitrogens with one attached hydrogen (secondary N) is 1. The normalized spacial score (nSPS) is 12.1. The fraction of sp³-hybridized carbons (Fsp3) is 0.167. The highest BCUT2D eigenvalue weighted by molar-refractivity contribution is 6.31. The van der Waals surface area contributed by atoms with Gasteiger partial charge in [-0.1, -0.05) is 60.1 Å². The zero-order valence-electron chi connectivity index (χ0n) is 16.3. The van der Waals surface area contributed by atoms with Gasteiger partial charge in [0.15, 0.2) is 0 Å². The van der Waals surface area contributed by atoms with Crippen molar-refractivity contribution >= 4 is 28.5 Å². The van der Waals surface area contributed by atoms with Crippen LogP contribution in [0, 0.1) is 0 Å². The van der Waals surface area contributed by atoms with E-state index in [1.165, 1.54) is 0 Å². The van der Waals surface area contributed by atoms with Crippen LogP contribution < -0.4 is 5.32 Å². The molecular formula is C24H22ClN3O2. The Labute approximate surface area is 179 Å². The number of carbonyl (C=O) groups excluding carboxylic acids is 1. The molecular weight excluding hydrogens is 398 g/mol. The van der Waals surface area contributed by atoms with Crippen molar-refractivity contribution in [1.29, 1.82) is 0 Å². The maximum atomic E-state index is 12.3. The molecule has 0 saturated carbocycles. The number of hydrogen-bond donors (Lipinski definition) is 2. The van der Waals surface area contributed by atoms with Gasteiger partial charge in [-0.05, 0) is 30.3 Å². The third-order valence-electron chi connectivity index (χ3n) is 5.02. The molecule has 4 rings (SSSR count). The molecule has 1 aromatic heterocycles. The number of rotatable bonds is 7. The van der Waals surface area contributed by atoms with Crippen LogP contribution in [0.3, 0.4) is 0 Å². The number of aliphatic hydroxyl groups is 1. The van der Waals surface area contributed by atoms with Crippen molar-refractivity contribution in [3.05, 3.63) is 101 Å². The average Bonchev–Trinajstić information content (AvgIpc) is 3.12. The maximum Gasteiger partial charge on any atom is 0.251 e. The largest absolute Gasteiger partial charge is 0.386 e. The average molecular weight is 420 g/mol. The van der Waals surface area contributed by atoms with Crippen LogP contribution in [-0.2, 0) is 13.0 Å². The Morgan fingerprint density at radius 3 is 2.50 bits per heavy atom. The first kappa shape index (κ1) is 20.1. The molecule has 3 aromatic carbocycles. The summed E-state index contributed by atoms with van der Waals surface area (Å²) >= 11 is 6.26. The number of aromatic nitrogens is 2. The van der Waals surface area contributed by atoms with Crippen LogP contribution in [0.25, 0.3) is 11.0 Å². The number of amides is 1. The van der Waals surface area contributed by atoms with Crippen molar-refractivity contribution in [1.82, 2.24) is 14.9 Å². The van der Waals surface area contributed by atoms with Crippen LogP contribution in [0.2, 0.25) is 5.02 Å². The molecule has 1 atom stereocenters. The standard InChI is InChI=1S/C24H22ClN3O2/c25-19-11-5-4-10-18(19)22(29)16-28-21-13-7-6-12-20(21)27-23(28)14-15-26-24(30)17-8-2-1-3-9-17/h1-13,22,29H,14-16H2,(H,26,30). The van der Waals surface area contributed by atoms with E-state index in [4.69, 9.17) is 16.6 Å². The SMILES string of the molecule is O=C(NCCc1nc2ccccc2n1CC(O)c1ccccc1Cl)c1ccccc1. The Morgan fingerprint density at radius 2 is 1.70 bits per heavy atom. The number of aliphatic hydroxyl groups excluding tert-OH is 1. The molecule has 152 valence electrons. The number of imidazole rings is 1. The number of fused-ring (bicyclic) bond motifs is 1. The van der Waals surface area contributed by atoms with Crippen molar-refractivity contribution in [2.45, 2.75) is 19.1 Å². The molecule has 0 bridgehead atoms. The number of benzene rings is 3. The zero-order chi connectivity index (χ0) is 20.9. The van der Waals surface area contributed by atoms with Crippen LogP contribution in [0.15, 0.2) is 78.9 Å². The van der Waals surface area contributed by atoms with Gasteiger partial charge in [0.2, 0.25) is 0 Å². The summed E-state index contributed by atoms with van der Waals surface area (Å²) in [6.45, 7) is 0.769. The second-order valence-electron chi connectivity index (χ2n) is 7.04. The molecule has 1 amide bonds. The molecule has 0 fully saturated rings. The third kappa shape index (κ3) is 4.37. The van der Waals surface area contributed by atoms with E-state index in [-0.39, 0.29) is 5.91 Å². The van der Waals surface area contributed by atoms with Crippen molar-refractivity contribution in [3.63, 3.8) is 0 Å². The van der Waals surface area contributed by atoms with Gasteiger partial charge in [-0.2, -0.15) is 0 Å². The number of carbonyl (C=O) groups is 1. The van der Waals surface area contributed by atoms with E-state index in [2.05, 4.69) is 5.32 Å². The highest BCUT2D eigenvalue weighted by Gasteiger charge is 2.17. The molecule has 0 spiro atoms. The molecule has 0 radical (unpaired) electrons. The Kier molecular flexibility index (Phi) is 6.12. The molecule has 0 saturated heterocycles. The van der Waals surface area contributed by atoms with Gasteiger partial charge < -0.3 is 15.0 Å². The monoisotopic (exact) mass is 419 g/mol. The lowest BCUT2D eigenvalue weighted by Gasteiger charge is -2.16. The van der Waals surface area contributed by atoms with E-state index in [1.54, 1.807) is 18.2 Å². The predicted molar refractivity (Wildman–Crippen MR) is 119 cm³/mol. The van der Waals surface area contributed by atoms with Crippen molar-refractivity contribution in [2.75, 3.05) is 6.54 Å². The number of para-hydroxylation sites is 2. The summed E-state index contributed by atoms with van der Waals surface area (Å²) in [7, 11) is 0. The molecule has 0 aliphatic carbocycles. The van der Waals surface area contributed by atoms with Crippen molar-refractivity contribution < 1.29 is 9.90 Å². The molecule has 5 nitrogen and oxygen atoms in total. The van der Waals surface area contributed by atoms with Gasteiger partial charge in [0, 0.05) is 29.1 Å². The number of hydrogen-bond acceptors (Lipinski definition) is 3. The van der Waals surface area contributed by atoms with Gasteiger partial charge in [0.25, 0.3) is 5.91 Å². The fourth-order valence-electron chi connectivity index (χ4n) is 3.52. The number of nitrogens with zero attached hydrogens (tertiary/aromatic N) is 2. The van der Waals surface area contributed by atoms with Gasteiger partial charge >= 0.3 is 0 Å². The molecule has 1 heterocycles. The third-order valence-corrected chi connectivity index (χ3v) is 5.37. The molecule has 4 aromatic rings. The summed E-state index contributed by atoms with van der Waals surface area (Å²) in [5.41, 5.74) is 3.10. The van der Waals surface area contributed by atoms with E-state index in [0.717, 1.165) is 16.9 Å². The van der Waals surface area contributed by atoms with Gasteiger partial charge in [0.05, 0.1) is 23.7 Å². The van der Waals surface area contributed by atoms with Gasteiger partial charge in [-0.25, -0.2) is 4.98 Å². The second kappa shape index (κ2) is 9.11. The smallest absolute Gasteiger partial charge is 0.251 e. The van der Waals surface area contributed by atoms with Crippen LogP contribution in [0.4, 0.5) is 0 Å². The van der Waals surface area contributed by atoms with Crippen LogP contribution in [0.5, 0.6) is 0 Å². The minimum absolute atomic E-state index is 0.116. The first-order chi connectivity index (χ1) is 14.6. The molecule has 2 N–H and O–H groups in total. The predicted octanol–water partition coefficient (Wildman–Crippen LogP) is 4.40. The van der Waals surface area contributed by atoms with Crippen molar-refractivity contribution in [2.24, 2.45) is 0 Å². The highest BCUT2D eigenvalue weighted by Crippen LogP contribution is 2.26. The zero-order valence-corrected chi connectivity index (χ0v) is 17.1. The molecule has 0 aliphatic heterocycles. The Bertz CT molecular complexity index is 1160. The minimum atomic E-state index is -0.769. The Morgan fingerprint density at radius 1 is 1.00 bits per heavy atom. The van der Waals surface area contributed by atoms with Crippen LogP contribution in [0.1, 0.15) is 27.8 Å². The maximum absolute atomic E-state index is 12.3. The number of halogens is 1. The Hall–Kier alpha value is -3.15. The topological polar surface area (TPSA) is 67.2 Å². The van der Waals surface area contributed by atoms with E-state index < -0.39 is 6.10 Å². The minimum Gasteiger partial charge on any atom is -0.386 e. The molecule has 0 aliphatic rings. The Balaban J connectivity index is 1.53. The quantitative estimate of drug-likeness (QED) is 0.466. The van der Waals surface area contributed by atoms with Gasteiger partial charge in [-0.15, -0.1) is 0 Å². The van der Waals surface area contributed by atoms with E-state index in [9.17, 15) is 9.90 Å². The van der Waals surface area contributed by atoms with E-state index >= 15 is 0 Å². The van der Waals surface area contributed by atoms with E-state index in [1.807, 2.05) is 65.2 Å². The second-order valence-corrected chi connectivity index (χ2v) is 7.44. The van der Waals surface area contributed by atoms with Crippen LogP contribution >= 0.6 is 11.6 Å². The van der Waals surface area contributed by atoms with Crippen molar-refractivity contribution in [3.8, 4) is 0 Å². The lowest BCUT2D eigenvalue weighted by atomic mass is 10.1. The van der Waals surface area contributed by atoms with E-state index in [0.29, 0.717) is 35.7 Å². The summed E-state index contributed by atoms with van der Waals surface area (Å²) < 4.78 is 2.00. The summed E-state index contributed by atoms with van der Waals surface area (Å²) in [6, 6.07) is 24.2. The summed E-state index contributed by atoms with van der Waals surface area (Å²) in [6.07, 6.45) is -0.225. The lowest BCUT2D eigenvalue weighted by Crippen LogP contribution is -2.26. The molecule has 30 heavy (non-hydrogen) atoms. The summed E-state index contributed by atoms with van der Waals surface area (Å²) in [5, 5.41) is 14.3. The fourth-order valence-corrected chi connectivity index (χ4v) is 3.78. The highest BCUT2D eigenvalue weighted by atomic mass is 35.5.